The first-order chi connectivity index (χ1) is 13.4. The van der Waals surface area contributed by atoms with Gasteiger partial charge in [-0.2, -0.15) is 0 Å². The maximum Gasteiger partial charge on any atom is 0.191 e. The average Bonchev–Trinajstić information content (AvgIpc) is 3.22. The van der Waals surface area contributed by atoms with Crippen LogP contribution in [0.5, 0.6) is 0 Å². The van der Waals surface area contributed by atoms with Crippen molar-refractivity contribution in [2.24, 2.45) is 4.99 Å². The molecule has 7 nitrogen and oxygen atoms in total. The summed E-state index contributed by atoms with van der Waals surface area (Å²) in [5.74, 6) is 0.747. The van der Waals surface area contributed by atoms with Crippen LogP contribution in [-0.2, 0) is 14.6 Å². The summed E-state index contributed by atoms with van der Waals surface area (Å²) in [6.45, 7) is 6.38. The van der Waals surface area contributed by atoms with Crippen LogP contribution in [0.2, 0.25) is 0 Å². The minimum atomic E-state index is -3.20. The molecular weight excluding hydrogens is 503 g/mol. The Balaban J connectivity index is 0.00000300. The van der Waals surface area contributed by atoms with Gasteiger partial charge in [0, 0.05) is 51.2 Å². The van der Waals surface area contributed by atoms with Crippen LogP contribution in [0.3, 0.4) is 0 Å². The number of halogens is 1. The Labute approximate surface area is 193 Å². The van der Waals surface area contributed by atoms with Gasteiger partial charge in [-0.25, -0.2) is 8.42 Å². The molecule has 3 aliphatic rings. The Morgan fingerprint density at radius 1 is 1.14 bits per heavy atom. The number of rotatable bonds is 6. The Morgan fingerprint density at radius 2 is 1.76 bits per heavy atom. The highest BCUT2D eigenvalue weighted by Crippen LogP contribution is 2.30. The summed E-state index contributed by atoms with van der Waals surface area (Å²) in [6, 6.07) is 1.20. The summed E-state index contributed by atoms with van der Waals surface area (Å²) in [6.07, 6.45) is 10.1. The van der Waals surface area contributed by atoms with Gasteiger partial charge in [0.2, 0.25) is 0 Å². The number of aliphatic imine (C=N–C) groups is 1. The molecule has 0 atom stereocenters. The number of guanidine groups is 1. The van der Waals surface area contributed by atoms with Crippen LogP contribution in [0.4, 0.5) is 0 Å². The number of sulfone groups is 1. The summed E-state index contributed by atoms with van der Waals surface area (Å²) >= 11 is 0. The lowest BCUT2D eigenvalue weighted by Gasteiger charge is -2.37. The van der Waals surface area contributed by atoms with Crippen molar-refractivity contribution in [1.82, 2.24) is 15.5 Å². The van der Waals surface area contributed by atoms with Crippen molar-refractivity contribution in [2.45, 2.75) is 75.1 Å². The molecule has 1 saturated carbocycles. The van der Waals surface area contributed by atoms with E-state index in [1.54, 1.807) is 0 Å². The fourth-order valence-corrected chi connectivity index (χ4v) is 6.01. The summed E-state index contributed by atoms with van der Waals surface area (Å²) in [5.41, 5.74) is 0. The van der Waals surface area contributed by atoms with Gasteiger partial charge in [-0.3, -0.25) is 4.99 Å². The van der Waals surface area contributed by atoms with E-state index in [-0.39, 0.29) is 24.0 Å². The second kappa shape index (κ2) is 11.5. The van der Waals surface area contributed by atoms with Crippen LogP contribution in [0.25, 0.3) is 0 Å². The van der Waals surface area contributed by atoms with Crippen molar-refractivity contribution < 1.29 is 13.2 Å². The number of piperidine rings is 1. The SMILES string of the molecule is CCNC(=NCC1(S(C)(=O)=O)CCOCC1)NC1CCN(C2CCCC2)CC1.I. The zero-order valence-corrected chi connectivity index (χ0v) is 21.1. The molecule has 0 aromatic heterocycles. The zero-order chi connectivity index (χ0) is 20.0. The lowest BCUT2D eigenvalue weighted by atomic mass is 9.99. The fourth-order valence-electron chi connectivity index (χ4n) is 4.80. The topological polar surface area (TPSA) is 83.0 Å². The molecule has 9 heteroatoms. The van der Waals surface area contributed by atoms with Crippen molar-refractivity contribution in [3.05, 3.63) is 0 Å². The van der Waals surface area contributed by atoms with Gasteiger partial charge in [0.25, 0.3) is 0 Å². The first-order valence-electron chi connectivity index (χ1n) is 11.0. The van der Waals surface area contributed by atoms with E-state index in [2.05, 4.69) is 15.5 Å². The highest BCUT2D eigenvalue weighted by Gasteiger charge is 2.42. The van der Waals surface area contributed by atoms with E-state index in [4.69, 9.17) is 9.73 Å². The molecule has 0 unspecified atom stereocenters. The van der Waals surface area contributed by atoms with E-state index < -0.39 is 14.6 Å². The number of hydrogen-bond acceptors (Lipinski definition) is 5. The Hall–Kier alpha value is -0.130. The van der Waals surface area contributed by atoms with Crippen molar-refractivity contribution in [3.63, 3.8) is 0 Å². The predicted molar refractivity (Wildman–Crippen MR) is 129 cm³/mol. The van der Waals surface area contributed by atoms with E-state index in [0.29, 0.717) is 38.6 Å². The minimum absolute atomic E-state index is 0. The Bertz CT molecular complexity index is 624. The van der Waals surface area contributed by atoms with E-state index in [1.165, 1.54) is 31.9 Å². The molecule has 0 radical (unpaired) electrons. The predicted octanol–water partition coefficient (Wildman–Crippen LogP) is 2.16. The number of hydrogen-bond donors (Lipinski definition) is 2. The normalized spacial score (nSPS) is 24.8. The first-order valence-corrected chi connectivity index (χ1v) is 12.9. The van der Waals surface area contributed by atoms with Gasteiger partial charge in [0.1, 0.15) is 0 Å². The molecule has 2 aliphatic heterocycles. The van der Waals surface area contributed by atoms with Gasteiger partial charge in [0.15, 0.2) is 15.8 Å². The van der Waals surface area contributed by atoms with Gasteiger partial charge in [-0.15, -0.1) is 24.0 Å². The maximum absolute atomic E-state index is 12.5. The van der Waals surface area contributed by atoms with Crippen LogP contribution in [0.1, 0.15) is 58.3 Å². The van der Waals surface area contributed by atoms with Crippen LogP contribution in [-0.4, -0.2) is 81.8 Å². The molecule has 0 bridgehead atoms. The molecule has 0 aromatic carbocycles. The van der Waals surface area contributed by atoms with Gasteiger partial charge in [-0.05, 0) is 45.4 Å². The number of nitrogens with one attached hydrogen (secondary N) is 2. The monoisotopic (exact) mass is 542 g/mol. The smallest absolute Gasteiger partial charge is 0.191 e. The van der Waals surface area contributed by atoms with E-state index in [9.17, 15) is 8.42 Å². The van der Waals surface area contributed by atoms with Gasteiger partial charge < -0.3 is 20.3 Å². The van der Waals surface area contributed by atoms with Crippen molar-refractivity contribution in [3.8, 4) is 0 Å². The highest BCUT2D eigenvalue weighted by atomic mass is 127. The maximum atomic E-state index is 12.5. The van der Waals surface area contributed by atoms with Crippen molar-refractivity contribution in [2.75, 3.05) is 45.6 Å². The largest absolute Gasteiger partial charge is 0.381 e. The average molecular weight is 543 g/mol. The molecule has 1 aliphatic carbocycles. The van der Waals surface area contributed by atoms with Crippen LogP contribution < -0.4 is 10.6 Å². The lowest BCUT2D eigenvalue weighted by molar-refractivity contribution is 0.0768. The third kappa shape index (κ3) is 6.67. The van der Waals surface area contributed by atoms with Crippen LogP contribution in [0, 0.1) is 0 Å². The number of likely N-dealkylation sites (tertiary alicyclic amines) is 1. The van der Waals surface area contributed by atoms with Crippen LogP contribution >= 0.6 is 24.0 Å². The molecule has 2 N–H and O–H groups in total. The molecule has 3 fully saturated rings. The summed E-state index contributed by atoms with van der Waals surface area (Å²) in [4.78, 5) is 7.38. The molecule has 0 amide bonds. The minimum Gasteiger partial charge on any atom is -0.381 e. The number of ether oxygens (including phenoxy) is 1. The van der Waals surface area contributed by atoms with E-state index in [0.717, 1.165) is 44.5 Å². The molecule has 170 valence electrons. The van der Waals surface area contributed by atoms with Crippen LogP contribution in [0.15, 0.2) is 4.99 Å². The third-order valence-electron chi connectivity index (χ3n) is 6.77. The van der Waals surface area contributed by atoms with Crippen molar-refractivity contribution in [1.29, 1.82) is 0 Å². The van der Waals surface area contributed by atoms with E-state index >= 15 is 0 Å². The summed E-state index contributed by atoms with van der Waals surface area (Å²) in [7, 11) is -3.20. The molecule has 2 heterocycles. The van der Waals surface area contributed by atoms with E-state index in [1.807, 2.05) is 6.92 Å². The zero-order valence-electron chi connectivity index (χ0n) is 18.0. The summed E-state index contributed by atoms with van der Waals surface area (Å²) in [5, 5.41) is 6.87. The standard InChI is InChI=1S/C20H38N4O3S.HI/c1-3-21-19(22-16-20(28(2,25)26)10-14-27-15-11-20)23-17-8-12-24(13-9-17)18-6-4-5-7-18;/h17-18H,3-16H2,1-2H3,(H2,21,22,23);1H. The highest BCUT2D eigenvalue weighted by molar-refractivity contribution is 14.0. The van der Waals surface area contributed by atoms with Gasteiger partial charge >= 0.3 is 0 Å². The molecule has 0 spiro atoms. The molecule has 2 saturated heterocycles. The Kier molecular flexibility index (Phi) is 9.95. The number of nitrogens with zero attached hydrogens (tertiary/aromatic N) is 2. The van der Waals surface area contributed by atoms with Gasteiger partial charge in [0.05, 0.1) is 11.3 Å². The quantitative estimate of drug-likeness (QED) is 0.304. The third-order valence-corrected chi connectivity index (χ3v) is 8.88. The second-order valence-corrected chi connectivity index (χ2v) is 11.1. The second-order valence-electron chi connectivity index (χ2n) is 8.66. The molecule has 0 aromatic rings. The Morgan fingerprint density at radius 3 is 2.31 bits per heavy atom. The van der Waals surface area contributed by atoms with Crippen molar-refractivity contribution >= 4 is 39.8 Å². The summed E-state index contributed by atoms with van der Waals surface area (Å²) < 4.78 is 29.5. The molecule has 3 rings (SSSR count). The van der Waals surface area contributed by atoms with Gasteiger partial charge in [-0.1, -0.05) is 12.8 Å². The lowest BCUT2D eigenvalue weighted by Crippen LogP contribution is -2.51. The molecule has 29 heavy (non-hydrogen) atoms. The fraction of sp³-hybridized carbons (Fsp3) is 0.950. The first kappa shape index (κ1) is 25.1. The molecular formula is C20H39IN4O3S.